The number of carbonyl (C=O) groups is 2. The minimum Gasteiger partial charge on any atom is -0.478 e. The number of esters is 1. The minimum atomic E-state index is -1.12. The van der Waals surface area contributed by atoms with Crippen molar-refractivity contribution < 1.29 is 19.4 Å². The van der Waals surface area contributed by atoms with Gasteiger partial charge in [-0.3, -0.25) is 0 Å². The Kier molecular flexibility index (Phi) is 5.55. The van der Waals surface area contributed by atoms with Crippen molar-refractivity contribution >= 4 is 11.9 Å². The molecule has 0 aromatic heterocycles. The van der Waals surface area contributed by atoms with Crippen LogP contribution in [0.2, 0.25) is 0 Å². The molecule has 4 heteroatoms. The summed E-state index contributed by atoms with van der Waals surface area (Å²) in [6.07, 6.45) is 1.51. The molecule has 0 amide bonds. The van der Waals surface area contributed by atoms with E-state index in [4.69, 9.17) is 9.84 Å². The van der Waals surface area contributed by atoms with Crippen LogP contribution in [-0.2, 0) is 4.74 Å². The molecule has 1 N–H and O–H groups in total. The second-order valence-electron chi connectivity index (χ2n) is 4.83. The molecule has 0 saturated heterocycles. The van der Waals surface area contributed by atoms with Crippen molar-refractivity contribution in [3.05, 3.63) is 35.4 Å². The quantitative estimate of drug-likeness (QED) is 0.800. The zero-order valence-electron chi connectivity index (χ0n) is 11.6. The third-order valence-corrected chi connectivity index (χ3v) is 2.95. The monoisotopic (exact) mass is 264 g/mol. The Hall–Kier alpha value is -1.84. The molecule has 1 rings (SSSR count). The molecule has 1 aromatic rings. The van der Waals surface area contributed by atoms with E-state index < -0.39 is 11.9 Å². The smallest absolute Gasteiger partial charge is 0.339 e. The summed E-state index contributed by atoms with van der Waals surface area (Å²) < 4.78 is 5.43. The Balaban J connectivity index is 2.91. The highest BCUT2D eigenvalue weighted by molar-refractivity contribution is 6.02. The molecule has 0 aliphatic heterocycles. The van der Waals surface area contributed by atoms with Gasteiger partial charge in [-0.1, -0.05) is 39.3 Å². The third kappa shape index (κ3) is 4.09. The molecule has 0 bridgehead atoms. The van der Waals surface area contributed by atoms with E-state index in [0.717, 1.165) is 12.8 Å². The van der Waals surface area contributed by atoms with E-state index in [0.29, 0.717) is 0 Å². The second kappa shape index (κ2) is 6.92. The standard InChI is InChI=1S/C15H20O4/c1-4-7-13(10(2)3)19-15(18)12-9-6-5-8-11(12)14(16)17/h5-6,8-10,13H,4,7H2,1-3H3,(H,16,17). The number of ether oxygens (including phenoxy) is 1. The summed E-state index contributed by atoms with van der Waals surface area (Å²) in [5, 5.41) is 9.05. The van der Waals surface area contributed by atoms with Crippen molar-refractivity contribution in [2.24, 2.45) is 5.92 Å². The lowest BCUT2D eigenvalue weighted by atomic mass is 10.0. The van der Waals surface area contributed by atoms with E-state index in [-0.39, 0.29) is 23.1 Å². The zero-order chi connectivity index (χ0) is 14.4. The maximum atomic E-state index is 12.1. The van der Waals surface area contributed by atoms with Crippen LogP contribution >= 0.6 is 0 Å². The molecule has 1 atom stereocenters. The summed E-state index contributed by atoms with van der Waals surface area (Å²) >= 11 is 0. The van der Waals surface area contributed by atoms with E-state index in [9.17, 15) is 9.59 Å². The highest BCUT2D eigenvalue weighted by atomic mass is 16.5. The summed E-state index contributed by atoms with van der Waals surface area (Å²) in [4.78, 5) is 23.1. The van der Waals surface area contributed by atoms with Crippen molar-refractivity contribution in [2.45, 2.75) is 39.7 Å². The molecular weight excluding hydrogens is 244 g/mol. The largest absolute Gasteiger partial charge is 0.478 e. The summed E-state index contributed by atoms with van der Waals surface area (Å²) in [5.74, 6) is -1.48. The number of hydrogen-bond donors (Lipinski definition) is 1. The van der Waals surface area contributed by atoms with Gasteiger partial charge in [-0.25, -0.2) is 9.59 Å². The molecule has 0 aliphatic rings. The molecule has 19 heavy (non-hydrogen) atoms. The van der Waals surface area contributed by atoms with Crippen LogP contribution in [0.3, 0.4) is 0 Å². The average Bonchev–Trinajstić information content (AvgIpc) is 2.37. The average molecular weight is 264 g/mol. The van der Waals surface area contributed by atoms with Gasteiger partial charge in [0.15, 0.2) is 0 Å². The predicted octanol–water partition coefficient (Wildman–Crippen LogP) is 3.37. The highest BCUT2D eigenvalue weighted by Gasteiger charge is 2.22. The van der Waals surface area contributed by atoms with Gasteiger partial charge in [0.1, 0.15) is 6.10 Å². The fraction of sp³-hybridized carbons (Fsp3) is 0.467. The molecule has 0 aliphatic carbocycles. The SMILES string of the molecule is CCCC(OC(=O)c1ccccc1C(=O)O)C(C)C. The minimum absolute atomic E-state index is 0.0218. The highest BCUT2D eigenvalue weighted by Crippen LogP contribution is 2.17. The van der Waals surface area contributed by atoms with E-state index in [1.807, 2.05) is 20.8 Å². The maximum absolute atomic E-state index is 12.1. The van der Waals surface area contributed by atoms with Gasteiger partial charge in [-0.05, 0) is 24.5 Å². The van der Waals surface area contributed by atoms with Crippen molar-refractivity contribution in [1.82, 2.24) is 0 Å². The fourth-order valence-corrected chi connectivity index (χ4v) is 1.86. The van der Waals surface area contributed by atoms with Gasteiger partial charge < -0.3 is 9.84 Å². The van der Waals surface area contributed by atoms with Crippen molar-refractivity contribution in [3.63, 3.8) is 0 Å². The van der Waals surface area contributed by atoms with Gasteiger partial charge in [0.05, 0.1) is 11.1 Å². The van der Waals surface area contributed by atoms with Gasteiger partial charge in [-0.15, -0.1) is 0 Å². The van der Waals surface area contributed by atoms with E-state index in [1.54, 1.807) is 12.1 Å². The van der Waals surface area contributed by atoms with Gasteiger partial charge in [0.2, 0.25) is 0 Å². The van der Waals surface area contributed by atoms with Gasteiger partial charge in [0, 0.05) is 0 Å². The number of rotatable bonds is 6. The Bertz CT molecular complexity index is 451. The van der Waals surface area contributed by atoms with Crippen LogP contribution in [0.25, 0.3) is 0 Å². The van der Waals surface area contributed by atoms with E-state index in [1.165, 1.54) is 12.1 Å². The van der Waals surface area contributed by atoms with Crippen LogP contribution in [-0.4, -0.2) is 23.1 Å². The lowest BCUT2D eigenvalue weighted by molar-refractivity contribution is 0.0153. The zero-order valence-corrected chi connectivity index (χ0v) is 11.6. The van der Waals surface area contributed by atoms with Crippen LogP contribution in [0.4, 0.5) is 0 Å². The van der Waals surface area contributed by atoms with Crippen LogP contribution in [0, 0.1) is 5.92 Å². The first kappa shape index (κ1) is 15.2. The molecule has 1 unspecified atom stereocenters. The molecule has 0 fully saturated rings. The first-order valence-electron chi connectivity index (χ1n) is 6.50. The van der Waals surface area contributed by atoms with Gasteiger partial charge >= 0.3 is 11.9 Å². The second-order valence-corrected chi connectivity index (χ2v) is 4.83. The Morgan fingerprint density at radius 2 is 1.79 bits per heavy atom. The lowest BCUT2D eigenvalue weighted by Crippen LogP contribution is -2.24. The first-order valence-corrected chi connectivity index (χ1v) is 6.50. The number of hydrogen-bond acceptors (Lipinski definition) is 3. The molecule has 1 aromatic carbocycles. The molecule has 0 saturated carbocycles. The van der Waals surface area contributed by atoms with Crippen LogP contribution in [0.5, 0.6) is 0 Å². The van der Waals surface area contributed by atoms with Crippen LogP contribution in [0.15, 0.2) is 24.3 Å². The third-order valence-electron chi connectivity index (χ3n) is 2.95. The lowest BCUT2D eigenvalue weighted by Gasteiger charge is -2.21. The molecular formula is C15H20O4. The summed E-state index contributed by atoms with van der Waals surface area (Å²) in [6, 6.07) is 6.11. The number of carbonyl (C=O) groups excluding carboxylic acids is 1. The maximum Gasteiger partial charge on any atom is 0.339 e. The number of carboxylic acids is 1. The summed E-state index contributed by atoms with van der Waals surface area (Å²) in [5.41, 5.74) is 0.0863. The van der Waals surface area contributed by atoms with E-state index >= 15 is 0 Å². The van der Waals surface area contributed by atoms with E-state index in [2.05, 4.69) is 0 Å². The topological polar surface area (TPSA) is 63.6 Å². The van der Waals surface area contributed by atoms with Gasteiger partial charge in [0.25, 0.3) is 0 Å². The molecule has 4 nitrogen and oxygen atoms in total. The number of carboxylic acid groups (broad SMARTS) is 1. The van der Waals surface area contributed by atoms with Crippen molar-refractivity contribution in [2.75, 3.05) is 0 Å². The first-order chi connectivity index (χ1) is 8.97. The Morgan fingerprint density at radius 1 is 1.21 bits per heavy atom. The summed E-state index contributed by atoms with van der Waals surface area (Å²) in [6.45, 7) is 5.99. The molecule has 104 valence electrons. The molecule has 0 heterocycles. The fourth-order valence-electron chi connectivity index (χ4n) is 1.86. The molecule has 0 radical (unpaired) electrons. The molecule has 0 spiro atoms. The normalized spacial score (nSPS) is 12.2. The van der Waals surface area contributed by atoms with Crippen LogP contribution < -0.4 is 0 Å². The van der Waals surface area contributed by atoms with Gasteiger partial charge in [-0.2, -0.15) is 0 Å². The Morgan fingerprint density at radius 3 is 2.26 bits per heavy atom. The summed E-state index contributed by atoms with van der Waals surface area (Å²) in [7, 11) is 0. The van der Waals surface area contributed by atoms with Crippen molar-refractivity contribution in [3.8, 4) is 0 Å². The predicted molar refractivity (Wildman–Crippen MR) is 72.4 cm³/mol. The number of aromatic carboxylic acids is 1. The Labute approximate surface area is 113 Å². The van der Waals surface area contributed by atoms with Crippen LogP contribution in [0.1, 0.15) is 54.3 Å². The van der Waals surface area contributed by atoms with Crippen molar-refractivity contribution in [1.29, 1.82) is 0 Å². The number of benzene rings is 1.